The lowest BCUT2D eigenvalue weighted by Gasteiger charge is -2.58. The van der Waals surface area contributed by atoms with Crippen LogP contribution in [0.1, 0.15) is 49.3 Å². The number of carbonyl (C=O) groups excluding carboxylic acids is 1. The average Bonchev–Trinajstić information content (AvgIpc) is 2.78. The molecule has 172 valence electrons. The lowest BCUT2D eigenvalue weighted by Crippen LogP contribution is -2.68. The van der Waals surface area contributed by atoms with E-state index in [4.69, 9.17) is 5.26 Å². The van der Waals surface area contributed by atoms with Gasteiger partial charge in [0.1, 0.15) is 5.75 Å². The van der Waals surface area contributed by atoms with Crippen molar-refractivity contribution in [2.75, 3.05) is 25.5 Å². The van der Waals surface area contributed by atoms with Crippen LogP contribution in [0.5, 0.6) is 5.75 Å². The molecule has 1 aliphatic heterocycles. The van der Waals surface area contributed by atoms with Crippen molar-refractivity contribution in [1.29, 1.82) is 5.26 Å². The minimum atomic E-state index is -0.232. The molecule has 2 bridgehead atoms. The molecule has 2 aromatic rings. The average molecular weight is 445 g/mol. The van der Waals surface area contributed by atoms with Crippen molar-refractivity contribution in [3.05, 3.63) is 59.2 Å². The maximum absolute atomic E-state index is 13.4. The predicted octanol–water partition coefficient (Wildman–Crippen LogP) is 4.48. The van der Waals surface area contributed by atoms with Gasteiger partial charge in [-0.05, 0) is 85.7 Å². The Morgan fingerprint density at radius 1 is 1.27 bits per heavy atom. The molecular formula is C27H32N4O2. The van der Waals surface area contributed by atoms with Crippen LogP contribution in [-0.2, 0) is 11.8 Å². The van der Waals surface area contributed by atoms with Gasteiger partial charge in [-0.1, -0.05) is 19.4 Å². The van der Waals surface area contributed by atoms with Crippen LogP contribution in [0.15, 0.2) is 42.5 Å². The van der Waals surface area contributed by atoms with Gasteiger partial charge in [-0.15, -0.1) is 0 Å². The third-order valence-corrected chi connectivity index (χ3v) is 8.26. The van der Waals surface area contributed by atoms with Crippen LogP contribution >= 0.6 is 0 Å². The van der Waals surface area contributed by atoms with E-state index in [-0.39, 0.29) is 29.3 Å². The number of likely N-dealkylation sites (tertiary alicyclic amines) is 1. The van der Waals surface area contributed by atoms with E-state index in [1.165, 1.54) is 30.4 Å². The van der Waals surface area contributed by atoms with Crippen molar-refractivity contribution in [1.82, 2.24) is 9.80 Å². The molecule has 2 N–H and O–H groups in total. The molecule has 33 heavy (non-hydrogen) atoms. The van der Waals surface area contributed by atoms with Crippen molar-refractivity contribution in [2.45, 2.75) is 56.5 Å². The number of phenolic OH excluding ortho intramolecular Hbond substituents is 1. The summed E-state index contributed by atoms with van der Waals surface area (Å²) >= 11 is 0. The Morgan fingerprint density at radius 2 is 2.03 bits per heavy atom. The Bertz CT molecular complexity index is 1090. The van der Waals surface area contributed by atoms with E-state index in [1.807, 2.05) is 18.0 Å². The standard InChI is InChI=1S/C27H32N4O2/c1-27-12-13-31(17-19-4-3-5-19)24(14-20-8-11-22(32)15-23(20)27)25(27)30(2)26(33)29-21-9-6-18(16-28)7-10-21/h6-11,15,19,24-25,32H,3-5,12-14,17H2,1-2H3,(H,29,33)/t24?,25-,27+/m0/s1. The summed E-state index contributed by atoms with van der Waals surface area (Å²) in [5.74, 6) is 1.06. The lowest BCUT2D eigenvalue weighted by molar-refractivity contribution is -0.00720. The van der Waals surface area contributed by atoms with Gasteiger partial charge in [-0.2, -0.15) is 5.26 Å². The van der Waals surface area contributed by atoms with Crippen molar-refractivity contribution in [3.63, 3.8) is 0 Å². The maximum atomic E-state index is 13.4. The summed E-state index contributed by atoms with van der Waals surface area (Å²) < 4.78 is 0. The number of fused-ring (bicyclic) bond motifs is 4. The number of anilines is 1. The fourth-order valence-electron chi connectivity index (χ4n) is 6.23. The summed E-state index contributed by atoms with van der Waals surface area (Å²) in [6, 6.07) is 14.9. The number of nitrogens with zero attached hydrogens (tertiary/aromatic N) is 3. The summed E-state index contributed by atoms with van der Waals surface area (Å²) in [5.41, 5.74) is 3.48. The molecular weight excluding hydrogens is 412 g/mol. The van der Waals surface area contributed by atoms with Crippen LogP contribution < -0.4 is 5.32 Å². The Kier molecular flexibility index (Phi) is 5.54. The molecule has 0 aromatic heterocycles. The summed E-state index contributed by atoms with van der Waals surface area (Å²) in [6.07, 6.45) is 5.79. The van der Waals surface area contributed by atoms with Crippen LogP contribution in [0.3, 0.4) is 0 Å². The molecule has 3 aliphatic rings. The van der Waals surface area contributed by atoms with Crippen LogP contribution in [0.4, 0.5) is 10.5 Å². The number of nitrogens with one attached hydrogen (secondary N) is 1. The molecule has 3 atom stereocenters. The summed E-state index contributed by atoms with van der Waals surface area (Å²) in [6.45, 7) is 4.39. The number of piperidine rings is 1. The molecule has 1 saturated heterocycles. The van der Waals surface area contributed by atoms with Gasteiger partial charge in [0.25, 0.3) is 0 Å². The SMILES string of the molecule is CN(C(=O)Nc1ccc(C#N)cc1)[C@H]1C2Cc3ccc(O)cc3[C@@]1(C)CCN2CC1CCC1. The second-order valence-corrected chi connectivity index (χ2v) is 10.2. The molecule has 5 rings (SSSR count). The van der Waals surface area contributed by atoms with E-state index in [9.17, 15) is 9.90 Å². The van der Waals surface area contributed by atoms with Gasteiger partial charge in [-0.25, -0.2) is 4.79 Å². The minimum Gasteiger partial charge on any atom is -0.508 e. The number of aromatic hydroxyl groups is 1. The highest BCUT2D eigenvalue weighted by Gasteiger charge is 2.53. The van der Waals surface area contributed by atoms with Gasteiger partial charge in [0.15, 0.2) is 0 Å². The highest BCUT2D eigenvalue weighted by atomic mass is 16.3. The molecule has 0 radical (unpaired) electrons. The first-order valence-corrected chi connectivity index (χ1v) is 12.0. The third kappa shape index (κ3) is 3.85. The largest absolute Gasteiger partial charge is 0.508 e. The van der Waals surface area contributed by atoms with Gasteiger partial charge in [0, 0.05) is 30.7 Å². The zero-order chi connectivity index (χ0) is 23.2. The zero-order valence-corrected chi connectivity index (χ0v) is 19.4. The van der Waals surface area contributed by atoms with Gasteiger partial charge in [0.05, 0.1) is 17.7 Å². The lowest BCUT2D eigenvalue weighted by atomic mass is 9.61. The number of benzene rings is 2. The van der Waals surface area contributed by atoms with Gasteiger partial charge < -0.3 is 15.3 Å². The highest BCUT2D eigenvalue weighted by Crippen LogP contribution is 2.48. The number of hydrogen-bond donors (Lipinski definition) is 2. The topological polar surface area (TPSA) is 79.6 Å². The van der Waals surface area contributed by atoms with Crippen molar-refractivity contribution in [3.8, 4) is 11.8 Å². The monoisotopic (exact) mass is 444 g/mol. The molecule has 1 saturated carbocycles. The first-order valence-electron chi connectivity index (χ1n) is 12.0. The molecule has 6 nitrogen and oxygen atoms in total. The second-order valence-electron chi connectivity index (χ2n) is 10.2. The molecule has 1 heterocycles. The first-order chi connectivity index (χ1) is 15.9. The molecule has 1 unspecified atom stereocenters. The van der Waals surface area contributed by atoms with E-state index < -0.39 is 0 Å². The fraction of sp³-hybridized carbons (Fsp3) is 0.481. The molecule has 2 aliphatic carbocycles. The predicted molar refractivity (Wildman–Crippen MR) is 128 cm³/mol. The number of urea groups is 1. The van der Waals surface area contributed by atoms with E-state index in [0.29, 0.717) is 11.3 Å². The number of amides is 2. The smallest absolute Gasteiger partial charge is 0.321 e. The summed E-state index contributed by atoms with van der Waals surface area (Å²) in [4.78, 5) is 17.9. The van der Waals surface area contributed by atoms with Crippen LogP contribution in [0, 0.1) is 17.2 Å². The normalized spacial score (nSPS) is 26.6. The Hall–Kier alpha value is -3.04. The number of rotatable bonds is 4. The van der Waals surface area contributed by atoms with Crippen LogP contribution in [-0.4, -0.2) is 53.2 Å². The number of hydrogen-bond acceptors (Lipinski definition) is 4. The van der Waals surface area contributed by atoms with E-state index in [0.717, 1.165) is 31.8 Å². The van der Waals surface area contributed by atoms with E-state index >= 15 is 0 Å². The number of phenols is 1. The molecule has 2 fully saturated rings. The van der Waals surface area contributed by atoms with E-state index in [1.54, 1.807) is 30.3 Å². The van der Waals surface area contributed by atoms with Gasteiger partial charge in [0.2, 0.25) is 0 Å². The fourth-order valence-corrected chi connectivity index (χ4v) is 6.23. The van der Waals surface area contributed by atoms with E-state index in [2.05, 4.69) is 29.3 Å². The summed E-state index contributed by atoms with van der Waals surface area (Å²) in [7, 11) is 1.90. The van der Waals surface area contributed by atoms with Crippen LogP contribution in [0.2, 0.25) is 0 Å². The van der Waals surface area contributed by atoms with Crippen molar-refractivity contribution in [2.24, 2.45) is 5.92 Å². The number of nitriles is 1. The third-order valence-electron chi connectivity index (χ3n) is 8.26. The van der Waals surface area contributed by atoms with Crippen LogP contribution in [0.25, 0.3) is 0 Å². The van der Waals surface area contributed by atoms with Gasteiger partial charge in [-0.3, -0.25) is 4.90 Å². The highest BCUT2D eigenvalue weighted by molar-refractivity contribution is 5.89. The second kappa shape index (κ2) is 8.39. The number of carbonyl (C=O) groups is 1. The van der Waals surface area contributed by atoms with Gasteiger partial charge >= 0.3 is 6.03 Å². The molecule has 2 amide bonds. The minimum absolute atomic E-state index is 0.000918. The Labute approximate surface area is 195 Å². The van der Waals surface area contributed by atoms with Crippen molar-refractivity contribution >= 4 is 11.7 Å². The molecule has 0 spiro atoms. The first kappa shape index (κ1) is 21.8. The maximum Gasteiger partial charge on any atom is 0.321 e. The Morgan fingerprint density at radius 3 is 2.70 bits per heavy atom. The van der Waals surface area contributed by atoms with Crippen molar-refractivity contribution < 1.29 is 9.90 Å². The quantitative estimate of drug-likeness (QED) is 0.729. The summed E-state index contributed by atoms with van der Waals surface area (Å²) in [5, 5.41) is 22.3. The molecule has 6 heteroatoms. The molecule has 2 aromatic carbocycles. The zero-order valence-electron chi connectivity index (χ0n) is 19.4. The Balaban J connectivity index is 1.45. The number of likely N-dealkylation sites (N-methyl/N-ethyl adjacent to an activating group) is 1.